The number of hydrogen-bond acceptors (Lipinski definition) is 0. The van der Waals surface area contributed by atoms with Crippen molar-refractivity contribution in [3.05, 3.63) is 12.2 Å². The van der Waals surface area contributed by atoms with Gasteiger partial charge in [0.05, 0.1) is 0 Å². The highest BCUT2D eigenvalue weighted by Gasteiger charge is 2.38. The summed E-state index contributed by atoms with van der Waals surface area (Å²) < 4.78 is 28.0. The minimum Gasteiger partial charge on any atom is -0.247 e. The predicted octanol–water partition coefficient (Wildman–Crippen LogP) is 6.80. The van der Waals surface area contributed by atoms with Crippen LogP contribution in [0.2, 0.25) is 0 Å². The Labute approximate surface area is 130 Å². The number of allylic oxidation sites excluding steroid dienone is 2. The number of halogens is 2. The molecule has 0 spiro atoms. The molecule has 0 aromatic carbocycles. The molecule has 0 radical (unpaired) electrons. The second-order valence-corrected chi connectivity index (χ2v) is 7.83. The van der Waals surface area contributed by atoms with Crippen LogP contribution in [0, 0.1) is 10.8 Å². The molecule has 0 nitrogen and oxygen atoms in total. The lowest BCUT2D eigenvalue weighted by molar-refractivity contribution is 0.101. The average Bonchev–Trinajstić information content (AvgIpc) is 2.42. The quantitative estimate of drug-likeness (QED) is 0.387. The SMILES string of the molecule is C/C=C/CCCC1(CC)CCC(F)CC(F)CC(C)(C)C1. The van der Waals surface area contributed by atoms with Gasteiger partial charge in [0.1, 0.15) is 12.3 Å². The summed E-state index contributed by atoms with van der Waals surface area (Å²) in [6.07, 6.45) is 9.91. The van der Waals surface area contributed by atoms with Crippen LogP contribution in [0.1, 0.15) is 85.5 Å². The van der Waals surface area contributed by atoms with Crippen LogP contribution >= 0.6 is 0 Å². The van der Waals surface area contributed by atoms with Crippen molar-refractivity contribution < 1.29 is 8.78 Å². The van der Waals surface area contributed by atoms with Gasteiger partial charge in [0, 0.05) is 6.42 Å². The maximum absolute atomic E-state index is 14.0. The van der Waals surface area contributed by atoms with Crippen LogP contribution in [0.15, 0.2) is 12.2 Å². The van der Waals surface area contributed by atoms with E-state index < -0.39 is 12.3 Å². The molecule has 0 saturated heterocycles. The van der Waals surface area contributed by atoms with Crippen LogP contribution < -0.4 is 0 Å². The molecule has 0 amide bonds. The summed E-state index contributed by atoms with van der Waals surface area (Å²) in [7, 11) is 0. The molecule has 124 valence electrons. The third kappa shape index (κ3) is 6.48. The van der Waals surface area contributed by atoms with Crippen LogP contribution in [0.25, 0.3) is 0 Å². The molecule has 1 aliphatic carbocycles. The van der Waals surface area contributed by atoms with E-state index in [4.69, 9.17) is 0 Å². The van der Waals surface area contributed by atoms with E-state index in [1.54, 1.807) is 0 Å². The molecule has 1 saturated carbocycles. The summed E-state index contributed by atoms with van der Waals surface area (Å²) in [5.41, 5.74) is 0.166. The van der Waals surface area contributed by atoms with Gasteiger partial charge in [-0.3, -0.25) is 0 Å². The molecule has 0 aliphatic heterocycles. The monoisotopic (exact) mass is 300 g/mol. The molecule has 0 aromatic rings. The topological polar surface area (TPSA) is 0 Å². The van der Waals surface area contributed by atoms with E-state index in [9.17, 15) is 8.78 Å². The van der Waals surface area contributed by atoms with Crippen LogP contribution in [0.5, 0.6) is 0 Å². The van der Waals surface area contributed by atoms with Gasteiger partial charge in [-0.2, -0.15) is 0 Å². The predicted molar refractivity (Wildman–Crippen MR) is 88.0 cm³/mol. The first-order valence-corrected chi connectivity index (χ1v) is 8.72. The van der Waals surface area contributed by atoms with Gasteiger partial charge in [-0.25, -0.2) is 8.78 Å². The first kappa shape index (κ1) is 18.6. The largest absolute Gasteiger partial charge is 0.247 e. The fourth-order valence-electron chi connectivity index (χ4n) is 4.17. The van der Waals surface area contributed by atoms with Crippen molar-refractivity contribution in [2.45, 2.75) is 97.8 Å². The average molecular weight is 300 g/mol. The Bertz CT molecular complexity index is 322. The zero-order valence-electron chi connectivity index (χ0n) is 14.4. The zero-order valence-corrected chi connectivity index (χ0v) is 14.4. The molecule has 1 aliphatic rings. The number of alkyl halides is 2. The van der Waals surface area contributed by atoms with Gasteiger partial charge >= 0.3 is 0 Å². The highest BCUT2D eigenvalue weighted by Crippen LogP contribution is 2.48. The lowest BCUT2D eigenvalue weighted by atomic mass is 9.65. The normalized spacial score (nSPS) is 34.4. The molecule has 0 heterocycles. The Hall–Kier alpha value is -0.400. The number of unbranched alkanes of at least 4 members (excludes halogenated alkanes) is 1. The fraction of sp³-hybridized carbons (Fsp3) is 0.895. The molecule has 1 fully saturated rings. The second-order valence-electron chi connectivity index (χ2n) is 7.83. The molecule has 21 heavy (non-hydrogen) atoms. The standard InChI is InChI=1S/C19H34F2/c1-5-7-8-9-11-19(6-2)12-10-16(20)13-17(21)14-18(3,4)15-19/h5,7,16-17H,6,8-15H2,1-4H3/b7-5+. The van der Waals surface area contributed by atoms with Crippen LogP contribution in [-0.2, 0) is 0 Å². The molecule has 0 N–H and O–H groups in total. The fourth-order valence-corrected chi connectivity index (χ4v) is 4.17. The van der Waals surface area contributed by atoms with Crippen molar-refractivity contribution in [1.29, 1.82) is 0 Å². The van der Waals surface area contributed by atoms with E-state index >= 15 is 0 Å². The molecule has 1 rings (SSSR count). The second kappa shape index (κ2) is 8.29. The third-order valence-electron chi connectivity index (χ3n) is 5.19. The van der Waals surface area contributed by atoms with Crippen LogP contribution in [0.3, 0.4) is 0 Å². The van der Waals surface area contributed by atoms with Gasteiger partial charge in [-0.1, -0.05) is 39.3 Å². The highest BCUT2D eigenvalue weighted by atomic mass is 19.1. The van der Waals surface area contributed by atoms with Crippen molar-refractivity contribution in [2.24, 2.45) is 10.8 Å². The Balaban J connectivity index is 2.81. The molecule has 3 atom stereocenters. The summed E-state index contributed by atoms with van der Waals surface area (Å²) in [6.45, 7) is 8.60. The summed E-state index contributed by atoms with van der Waals surface area (Å²) in [4.78, 5) is 0. The number of rotatable bonds is 5. The van der Waals surface area contributed by atoms with E-state index in [-0.39, 0.29) is 17.3 Å². The van der Waals surface area contributed by atoms with Crippen molar-refractivity contribution in [3.63, 3.8) is 0 Å². The summed E-state index contributed by atoms with van der Waals surface area (Å²) in [6, 6.07) is 0. The molecular formula is C19H34F2. The third-order valence-corrected chi connectivity index (χ3v) is 5.19. The smallest absolute Gasteiger partial charge is 0.103 e. The molecule has 0 aromatic heterocycles. The van der Waals surface area contributed by atoms with E-state index in [1.807, 2.05) is 6.92 Å². The first-order valence-electron chi connectivity index (χ1n) is 8.72. The Kier molecular flexibility index (Phi) is 7.36. The van der Waals surface area contributed by atoms with Crippen molar-refractivity contribution in [1.82, 2.24) is 0 Å². The maximum Gasteiger partial charge on any atom is 0.103 e. The Morgan fingerprint density at radius 1 is 1.19 bits per heavy atom. The van der Waals surface area contributed by atoms with Gasteiger partial charge in [-0.05, 0) is 62.7 Å². The molecule has 0 bridgehead atoms. The van der Waals surface area contributed by atoms with Crippen LogP contribution in [-0.4, -0.2) is 12.3 Å². The van der Waals surface area contributed by atoms with E-state index in [1.165, 1.54) is 0 Å². The van der Waals surface area contributed by atoms with Crippen LogP contribution in [0.4, 0.5) is 8.78 Å². The Morgan fingerprint density at radius 2 is 1.90 bits per heavy atom. The summed E-state index contributed by atoms with van der Waals surface area (Å²) in [5.74, 6) is 0. The first-order chi connectivity index (χ1) is 9.82. The van der Waals surface area contributed by atoms with E-state index in [2.05, 4.69) is 32.9 Å². The molecular weight excluding hydrogens is 266 g/mol. The lowest BCUT2D eigenvalue weighted by Crippen LogP contribution is -2.29. The molecule has 3 unspecified atom stereocenters. The highest BCUT2D eigenvalue weighted by molar-refractivity contribution is 4.90. The minimum absolute atomic E-state index is 0.0277. The minimum atomic E-state index is -0.981. The lowest BCUT2D eigenvalue weighted by Gasteiger charge is -2.40. The van der Waals surface area contributed by atoms with Gasteiger partial charge in [0.25, 0.3) is 0 Å². The summed E-state index contributed by atoms with van der Waals surface area (Å²) in [5, 5.41) is 0. The van der Waals surface area contributed by atoms with Gasteiger partial charge in [0.2, 0.25) is 0 Å². The zero-order chi connectivity index (χ0) is 15.9. The summed E-state index contributed by atoms with van der Waals surface area (Å²) >= 11 is 0. The number of hydrogen-bond donors (Lipinski definition) is 0. The molecule has 2 heteroatoms. The van der Waals surface area contributed by atoms with Crippen molar-refractivity contribution in [3.8, 4) is 0 Å². The van der Waals surface area contributed by atoms with Gasteiger partial charge in [0.15, 0.2) is 0 Å². The van der Waals surface area contributed by atoms with Gasteiger partial charge < -0.3 is 0 Å². The Morgan fingerprint density at radius 3 is 2.52 bits per heavy atom. The van der Waals surface area contributed by atoms with E-state index in [0.717, 1.165) is 38.5 Å². The van der Waals surface area contributed by atoms with E-state index in [0.29, 0.717) is 12.8 Å². The van der Waals surface area contributed by atoms with Crippen molar-refractivity contribution >= 4 is 0 Å². The maximum atomic E-state index is 14.0. The van der Waals surface area contributed by atoms with Gasteiger partial charge in [-0.15, -0.1) is 0 Å². The van der Waals surface area contributed by atoms with Crippen molar-refractivity contribution in [2.75, 3.05) is 0 Å².